The van der Waals surface area contributed by atoms with Crippen LogP contribution < -0.4 is 15.4 Å². The lowest BCUT2D eigenvalue weighted by Gasteiger charge is -2.19. The van der Waals surface area contributed by atoms with E-state index in [1.165, 1.54) is 34.9 Å². The van der Waals surface area contributed by atoms with Crippen molar-refractivity contribution in [3.8, 4) is 11.4 Å². The van der Waals surface area contributed by atoms with Crippen LogP contribution in [0, 0.1) is 0 Å². The Balaban J connectivity index is 0.960. The first-order chi connectivity index (χ1) is 25.1. The van der Waals surface area contributed by atoms with Crippen LogP contribution >= 0.6 is 34.9 Å². The molecule has 7 aromatic rings. The maximum atomic E-state index is 13.1. The summed E-state index contributed by atoms with van der Waals surface area (Å²) in [6.45, 7) is 0.223. The quantitative estimate of drug-likeness (QED) is 0.108. The number of thioether (sulfide) groups is 2. The number of para-hydroxylation sites is 2. The molecule has 0 saturated heterocycles. The first-order valence-electron chi connectivity index (χ1n) is 16.1. The van der Waals surface area contributed by atoms with Gasteiger partial charge in [-0.15, -0.1) is 21.5 Å². The Kier molecular flexibility index (Phi) is 11.0. The van der Waals surface area contributed by atoms with Crippen LogP contribution in [-0.4, -0.2) is 43.1 Å². The molecule has 2 N–H and O–H groups in total. The molecule has 0 aliphatic rings. The maximum absolute atomic E-state index is 13.1. The largest absolute Gasteiger partial charge is 0.486 e. The molecule has 0 aliphatic carbocycles. The summed E-state index contributed by atoms with van der Waals surface area (Å²) in [5, 5.41) is 15.5. The summed E-state index contributed by atoms with van der Waals surface area (Å²) in [6, 6.07) is 44.6. The molecule has 0 saturated carbocycles. The average Bonchev–Trinajstić information content (AvgIpc) is 3.79. The van der Waals surface area contributed by atoms with Crippen LogP contribution in [0.2, 0.25) is 0 Å². The summed E-state index contributed by atoms with van der Waals surface area (Å²) < 4.78 is 9.56. The third-order valence-corrected chi connectivity index (χ3v) is 10.8. The second-order valence-electron chi connectivity index (χ2n) is 11.3. The zero-order valence-corrected chi connectivity index (χ0v) is 29.7. The molecular formula is C39H32N6O3S3. The second-order valence-corrected chi connectivity index (χ2v) is 14.5. The summed E-state index contributed by atoms with van der Waals surface area (Å²) in [7, 11) is 0. The highest BCUT2D eigenvalue weighted by atomic mass is 32.2. The van der Waals surface area contributed by atoms with E-state index in [2.05, 4.69) is 20.8 Å². The molecule has 2 aromatic heterocycles. The van der Waals surface area contributed by atoms with Crippen molar-refractivity contribution in [3.63, 3.8) is 0 Å². The van der Waals surface area contributed by atoms with E-state index >= 15 is 0 Å². The standard InChI is InChI=1S/C39H32N6O3S3/c46-35(25-49-38-44-43-34(24-48-31-19-11-4-12-20-31)45(38)30-17-9-3-10-18-30)40-29-21-22-32-33(23-29)51-39(41-32)50-26-36(47)42-37(27-13-5-1-6-14-27)28-15-7-2-8-16-28/h1-23,37H,24-26H2,(H,40,46)(H,42,47). The van der Waals surface area contributed by atoms with E-state index in [0.29, 0.717) is 16.7 Å². The van der Waals surface area contributed by atoms with Gasteiger partial charge in [-0.05, 0) is 53.6 Å². The molecule has 0 fully saturated rings. The van der Waals surface area contributed by atoms with Crippen LogP contribution in [0.1, 0.15) is 23.0 Å². The van der Waals surface area contributed by atoms with Crippen LogP contribution in [0.3, 0.4) is 0 Å². The molecule has 5 aromatic carbocycles. The number of hydrogen-bond acceptors (Lipinski definition) is 9. The average molecular weight is 729 g/mol. The maximum Gasteiger partial charge on any atom is 0.234 e. The Morgan fingerprint density at radius 3 is 2.04 bits per heavy atom. The molecular weight excluding hydrogens is 697 g/mol. The molecule has 0 bridgehead atoms. The predicted octanol–water partition coefficient (Wildman–Crippen LogP) is 8.18. The number of anilines is 1. The molecule has 0 atom stereocenters. The Morgan fingerprint density at radius 1 is 0.725 bits per heavy atom. The fourth-order valence-electron chi connectivity index (χ4n) is 5.34. The number of carbonyl (C=O) groups excluding carboxylic acids is 2. The van der Waals surface area contributed by atoms with E-state index in [0.717, 1.165) is 37.1 Å². The summed E-state index contributed by atoms with van der Waals surface area (Å²) in [5.41, 5.74) is 4.40. The van der Waals surface area contributed by atoms with Crippen molar-refractivity contribution in [2.75, 3.05) is 16.8 Å². The van der Waals surface area contributed by atoms with E-state index in [9.17, 15) is 9.59 Å². The van der Waals surface area contributed by atoms with Gasteiger partial charge in [0.15, 0.2) is 15.3 Å². The summed E-state index contributed by atoms with van der Waals surface area (Å²) in [5.74, 6) is 1.46. The van der Waals surface area contributed by atoms with Crippen molar-refractivity contribution in [1.29, 1.82) is 0 Å². The second kappa shape index (κ2) is 16.5. The first-order valence-corrected chi connectivity index (χ1v) is 18.9. The Labute approximate surface area is 307 Å². The molecule has 9 nitrogen and oxygen atoms in total. The number of benzene rings is 5. The van der Waals surface area contributed by atoms with Crippen molar-refractivity contribution >= 4 is 62.6 Å². The number of aromatic nitrogens is 4. The number of rotatable bonds is 14. The molecule has 254 valence electrons. The van der Waals surface area contributed by atoms with Gasteiger partial charge in [-0.1, -0.05) is 121 Å². The molecule has 0 unspecified atom stereocenters. The fraction of sp³-hybridized carbons (Fsp3) is 0.103. The number of nitrogens with one attached hydrogen (secondary N) is 2. The minimum Gasteiger partial charge on any atom is -0.486 e. The molecule has 51 heavy (non-hydrogen) atoms. The summed E-state index contributed by atoms with van der Waals surface area (Å²) in [4.78, 5) is 30.9. The fourth-order valence-corrected chi connectivity index (χ4v) is 8.03. The number of thiazole rings is 1. The Hall–Kier alpha value is -5.43. The van der Waals surface area contributed by atoms with Gasteiger partial charge in [0, 0.05) is 11.4 Å². The molecule has 12 heteroatoms. The zero-order valence-electron chi connectivity index (χ0n) is 27.2. The van der Waals surface area contributed by atoms with Crippen molar-refractivity contribution in [2.24, 2.45) is 0 Å². The lowest BCUT2D eigenvalue weighted by atomic mass is 9.99. The van der Waals surface area contributed by atoms with Crippen molar-refractivity contribution < 1.29 is 14.3 Å². The molecule has 0 radical (unpaired) electrons. The van der Waals surface area contributed by atoms with E-state index in [1.807, 2.05) is 144 Å². The summed E-state index contributed by atoms with van der Waals surface area (Å²) in [6.07, 6.45) is 0. The number of amides is 2. The Morgan fingerprint density at radius 2 is 1.35 bits per heavy atom. The highest BCUT2D eigenvalue weighted by molar-refractivity contribution is 8.01. The number of hydrogen-bond donors (Lipinski definition) is 2. The molecule has 2 amide bonds. The van der Waals surface area contributed by atoms with Gasteiger partial charge >= 0.3 is 0 Å². The molecule has 0 spiro atoms. The smallest absolute Gasteiger partial charge is 0.234 e. The van der Waals surface area contributed by atoms with E-state index in [-0.39, 0.29) is 36.0 Å². The van der Waals surface area contributed by atoms with Gasteiger partial charge in [-0.25, -0.2) is 4.98 Å². The van der Waals surface area contributed by atoms with E-state index < -0.39 is 0 Å². The van der Waals surface area contributed by atoms with Gasteiger partial charge in [0.25, 0.3) is 0 Å². The van der Waals surface area contributed by atoms with Crippen LogP contribution in [-0.2, 0) is 16.2 Å². The van der Waals surface area contributed by atoms with Crippen LogP contribution in [0.5, 0.6) is 5.75 Å². The number of carbonyl (C=O) groups is 2. The minimum absolute atomic E-state index is 0.0821. The van der Waals surface area contributed by atoms with Gasteiger partial charge < -0.3 is 15.4 Å². The SMILES string of the molecule is O=C(CSc1nnc(COc2ccccc2)n1-c1ccccc1)Nc1ccc2nc(SCC(=O)NC(c3ccccc3)c3ccccc3)sc2c1. The highest BCUT2D eigenvalue weighted by Crippen LogP contribution is 2.32. The van der Waals surface area contributed by atoms with E-state index in [4.69, 9.17) is 9.72 Å². The molecule has 2 heterocycles. The van der Waals surface area contributed by atoms with Crippen molar-refractivity contribution in [3.05, 3.63) is 156 Å². The normalized spacial score (nSPS) is 11.1. The summed E-state index contributed by atoms with van der Waals surface area (Å²) >= 11 is 4.19. The van der Waals surface area contributed by atoms with Gasteiger partial charge in [-0.2, -0.15) is 0 Å². The van der Waals surface area contributed by atoms with Crippen LogP contribution in [0.25, 0.3) is 15.9 Å². The molecule has 0 aliphatic heterocycles. The topological polar surface area (TPSA) is 111 Å². The van der Waals surface area contributed by atoms with Crippen molar-refractivity contribution in [2.45, 2.75) is 22.1 Å². The lowest BCUT2D eigenvalue weighted by Crippen LogP contribution is -2.30. The third kappa shape index (κ3) is 8.84. The van der Waals surface area contributed by atoms with Gasteiger partial charge in [0.2, 0.25) is 11.8 Å². The number of fused-ring (bicyclic) bond motifs is 1. The monoisotopic (exact) mass is 728 g/mol. The Bertz CT molecular complexity index is 2180. The predicted molar refractivity (Wildman–Crippen MR) is 205 cm³/mol. The lowest BCUT2D eigenvalue weighted by molar-refractivity contribution is -0.119. The third-order valence-electron chi connectivity index (χ3n) is 7.71. The number of nitrogens with zero attached hydrogens (tertiary/aromatic N) is 4. The highest BCUT2D eigenvalue weighted by Gasteiger charge is 2.19. The zero-order chi connectivity index (χ0) is 34.8. The van der Waals surface area contributed by atoms with Gasteiger partial charge in [-0.3, -0.25) is 14.2 Å². The van der Waals surface area contributed by atoms with Crippen molar-refractivity contribution in [1.82, 2.24) is 25.1 Å². The van der Waals surface area contributed by atoms with Crippen LogP contribution in [0.4, 0.5) is 5.69 Å². The first kappa shape index (κ1) is 34.0. The van der Waals surface area contributed by atoms with E-state index in [1.54, 1.807) is 0 Å². The minimum atomic E-state index is -0.245. The van der Waals surface area contributed by atoms with Gasteiger partial charge in [0.1, 0.15) is 12.4 Å². The molecule has 7 rings (SSSR count). The van der Waals surface area contributed by atoms with Gasteiger partial charge in [0.05, 0.1) is 27.8 Å². The number of ether oxygens (including phenoxy) is 1. The van der Waals surface area contributed by atoms with Crippen LogP contribution in [0.15, 0.2) is 149 Å².